The molecule has 102 valence electrons. The lowest BCUT2D eigenvalue weighted by Crippen LogP contribution is -2.29. The summed E-state index contributed by atoms with van der Waals surface area (Å²) in [6.45, 7) is 0. The summed E-state index contributed by atoms with van der Waals surface area (Å²) >= 11 is 0. The quantitative estimate of drug-likeness (QED) is 0.577. The highest BCUT2D eigenvalue weighted by atomic mass is 32.3. The van der Waals surface area contributed by atoms with Gasteiger partial charge in [-0.15, -0.1) is 6.42 Å². The Balaban J connectivity index is 3.04. The predicted molar refractivity (Wildman–Crippen MR) is 74.5 cm³/mol. The zero-order valence-electron chi connectivity index (χ0n) is 9.91. The summed E-state index contributed by atoms with van der Waals surface area (Å²) in [6.07, 6.45) is 4.81. The molecule has 0 radical (unpaired) electrons. The summed E-state index contributed by atoms with van der Waals surface area (Å²) in [5, 5.41) is 1.67. The van der Waals surface area contributed by atoms with Crippen molar-refractivity contribution < 1.29 is 16.8 Å². The fourth-order valence-electron chi connectivity index (χ4n) is 1.02. The maximum atomic E-state index is 11.8. The first kappa shape index (κ1) is 15.6. The highest BCUT2D eigenvalue weighted by Gasteiger charge is 2.20. The summed E-state index contributed by atoms with van der Waals surface area (Å²) in [4.78, 5) is -0.258. The van der Waals surface area contributed by atoms with Gasteiger partial charge in [0.1, 0.15) is 0 Å². The number of anilines is 1. The summed E-state index contributed by atoms with van der Waals surface area (Å²) in [7, 11) is -8.64. The Labute approximate surface area is 117 Å². The molecule has 1 aromatic carbocycles. The largest absolute Gasteiger partial charge is 0.399 e. The third-order valence-corrected chi connectivity index (χ3v) is 4.81. The molecule has 8 heteroatoms. The molecular formula is C12H8N2O4S2. The van der Waals surface area contributed by atoms with Crippen LogP contribution in [0.5, 0.6) is 0 Å². The number of hydrogen-bond acceptors (Lipinski definition) is 5. The molecular weight excluding hydrogens is 300 g/mol. The topological polar surface area (TPSA) is 106 Å². The van der Waals surface area contributed by atoms with Crippen LogP contribution in [0.1, 0.15) is 0 Å². The molecule has 0 aromatic heterocycles. The van der Waals surface area contributed by atoms with E-state index in [-0.39, 0.29) is 4.90 Å². The number of hydrogen-bond donors (Lipinski definition) is 2. The third-order valence-electron chi connectivity index (χ3n) is 1.79. The maximum Gasteiger partial charge on any atom is 0.294 e. The molecule has 0 saturated heterocycles. The maximum absolute atomic E-state index is 11.8. The van der Waals surface area contributed by atoms with Crippen LogP contribution in [0.4, 0.5) is 5.69 Å². The second-order valence-corrected chi connectivity index (χ2v) is 6.64. The Morgan fingerprint density at radius 3 is 2.15 bits per heavy atom. The highest BCUT2D eigenvalue weighted by molar-refractivity contribution is 8.07. The molecule has 0 fully saturated rings. The van der Waals surface area contributed by atoms with Crippen molar-refractivity contribution in [3.63, 3.8) is 0 Å². The van der Waals surface area contributed by atoms with Gasteiger partial charge in [-0.25, -0.2) is 8.42 Å². The van der Waals surface area contributed by atoms with Crippen molar-refractivity contribution in [3.8, 4) is 35.4 Å². The van der Waals surface area contributed by atoms with Gasteiger partial charge in [-0.05, 0) is 36.1 Å². The van der Waals surface area contributed by atoms with Gasteiger partial charge in [0.05, 0.1) is 10.1 Å². The molecule has 0 unspecified atom stereocenters. The second-order valence-electron chi connectivity index (χ2n) is 3.28. The lowest BCUT2D eigenvalue weighted by molar-refractivity contribution is 0.582. The number of rotatable bonds is 3. The van der Waals surface area contributed by atoms with E-state index in [1.165, 1.54) is 28.4 Å². The Hall–Kier alpha value is -2.44. The molecule has 0 aliphatic heterocycles. The molecule has 0 heterocycles. The average Bonchev–Trinajstić information content (AvgIpc) is 2.34. The number of nitrogen functional groups attached to an aromatic ring is 1. The fourth-order valence-corrected chi connectivity index (χ4v) is 3.41. The molecule has 0 bridgehead atoms. The van der Waals surface area contributed by atoms with E-state index < -0.39 is 20.0 Å². The Morgan fingerprint density at radius 2 is 1.60 bits per heavy atom. The molecule has 1 rings (SSSR count). The van der Waals surface area contributed by atoms with Gasteiger partial charge in [-0.1, -0.05) is 4.13 Å². The summed E-state index contributed by atoms with van der Waals surface area (Å²) in [6, 6.07) is 4.98. The van der Waals surface area contributed by atoms with E-state index in [1.807, 2.05) is 17.8 Å². The fraction of sp³-hybridized carbons (Fsp3) is 0. The van der Waals surface area contributed by atoms with Gasteiger partial charge in [0.15, 0.2) is 0 Å². The van der Waals surface area contributed by atoms with Crippen molar-refractivity contribution in [1.82, 2.24) is 4.13 Å². The highest BCUT2D eigenvalue weighted by Crippen LogP contribution is 2.11. The van der Waals surface area contributed by atoms with Crippen molar-refractivity contribution in [2.45, 2.75) is 4.90 Å². The van der Waals surface area contributed by atoms with Crippen molar-refractivity contribution >= 4 is 25.7 Å². The van der Waals surface area contributed by atoms with E-state index in [1.54, 1.807) is 5.25 Å². The number of nitrogens with one attached hydrogen (secondary N) is 1. The van der Waals surface area contributed by atoms with Gasteiger partial charge in [0.2, 0.25) is 0 Å². The molecule has 0 amide bonds. The average molecular weight is 308 g/mol. The van der Waals surface area contributed by atoms with Gasteiger partial charge in [-0.2, -0.15) is 8.42 Å². The molecule has 0 atom stereocenters. The summed E-state index contributed by atoms with van der Waals surface area (Å²) in [5.41, 5.74) is 5.75. The predicted octanol–water partition coefficient (Wildman–Crippen LogP) is -0.526. The lowest BCUT2D eigenvalue weighted by Gasteiger charge is -2.03. The molecule has 20 heavy (non-hydrogen) atoms. The van der Waals surface area contributed by atoms with E-state index in [2.05, 4.69) is 5.92 Å². The molecule has 3 N–H and O–H groups in total. The number of benzene rings is 1. The zero-order valence-corrected chi connectivity index (χ0v) is 11.5. The van der Waals surface area contributed by atoms with E-state index >= 15 is 0 Å². The van der Waals surface area contributed by atoms with Crippen molar-refractivity contribution in [3.05, 3.63) is 24.3 Å². The Kier molecular flexibility index (Phi) is 4.79. The van der Waals surface area contributed by atoms with Crippen LogP contribution >= 0.6 is 0 Å². The van der Waals surface area contributed by atoms with E-state index in [4.69, 9.17) is 12.2 Å². The smallest absolute Gasteiger partial charge is 0.294 e. The van der Waals surface area contributed by atoms with Gasteiger partial charge >= 0.3 is 0 Å². The van der Waals surface area contributed by atoms with E-state index in [9.17, 15) is 16.8 Å². The second kappa shape index (κ2) is 6.14. The van der Waals surface area contributed by atoms with Gasteiger partial charge in [-0.3, -0.25) is 0 Å². The van der Waals surface area contributed by atoms with Crippen LogP contribution in [-0.4, -0.2) is 16.8 Å². The molecule has 0 aliphatic carbocycles. The van der Waals surface area contributed by atoms with E-state index in [0.29, 0.717) is 5.69 Å². The lowest BCUT2D eigenvalue weighted by atomic mass is 10.3. The molecule has 0 spiro atoms. The molecule has 6 nitrogen and oxygen atoms in total. The number of terminal acetylenes is 1. The first-order chi connectivity index (χ1) is 9.27. The Bertz CT molecular complexity index is 869. The van der Waals surface area contributed by atoms with Crippen LogP contribution in [0.2, 0.25) is 0 Å². The van der Waals surface area contributed by atoms with E-state index in [0.717, 1.165) is 0 Å². The normalized spacial score (nSPS) is 10.3. The number of sulfonamides is 2. The molecule has 0 saturated carbocycles. The van der Waals surface area contributed by atoms with Gasteiger partial charge < -0.3 is 5.73 Å². The van der Waals surface area contributed by atoms with Crippen molar-refractivity contribution in [2.75, 3.05) is 5.73 Å². The Morgan fingerprint density at radius 1 is 1.00 bits per heavy atom. The van der Waals surface area contributed by atoms with Crippen LogP contribution in [0.25, 0.3) is 0 Å². The van der Waals surface area contributed by atoms with Gasteiger partial charge in [0, 0.05) is 17.5 Å². The van der Waals surface area contributed by atoms with Crippen LogP contribution < -0.4 is 9.86 Å². The minimum absolute atomic E-state index is 0.258. The standard InChI is InChI=1S/C12H8N2O4S2/c1-2-3-4-5-10-19(15,16)14-20(17,18)12-8-6-11(13)7-9-12/h1,6-9,14H,13H2. The van der Waals surface area contributed by atoms with Crippen LogP contribution in [0.15, 0.2) is 29.2 Å². The zero-order chi connectivity index (χ0) is 15.2. The minimum Gasteiger partial charge on any atom is -0.399 e. The monoisotopic (exact) mass is 308 g/mol. The first-order valence-electron chi connectivity index (χ1n) is 4.88. The van der Waals surface area contributed by atoms with Crippen LogP contribution in [-0.2, 0) is 20.0 Å². The summed E-state index contributed by atoms with van der Waals surface area (Å²) in [5.74, 6) is 7.96. The van der Waals surface area contributed by atoms with Crippen molar-refractivity contribution in [1.29, 1.82) is 0 Å². The first-order valence-corrected chi connectivity index (χ1v) is 7.85. The van der Waals surface area contributed by atoms with Crippen LogP contribution in [0, 0.1) is 35.4 Å². The van der Waals surface area contributed by atoms with Crippen molar-refractivity contribution in [2.24, 2.45) is 0 Å². The third kappa shape index (κ3) is 4.68. The minimum atomic E-state index is -4.38. The molecule has 0 aliphatic rings. The van der Waals surface area contributed by atoms with Crippen LogP contribution in [0.3, 0.4) is 0 Å². The SMILES string of the molecule is C#CC#CC#CS(=O)(=O)NS(=O)(=O)c1ccc(N)cc1. The molecule has 1 aromatic rings. The summed E-state index contributed by atoms with van der Waals surface area (Å²) < 4.78 is 47.9. The number of nitrogens with two attached hydrogens (primary N) is 1. The van der Waals surface area contributed by atoms with Gasteiger partial charge in [0.25, 0.3) is 20.0 Å².